The first-order valence-corrected chi connectivity index (χ1v) is 8.72. The van der Waals surface area contributed by atoms with E-state index in [1.165, 1.54) is 0 Å². The second-order valence-electron chi connectivity index (χ2n) is 7.67. The van der Waals surface area contributed by atoms with E-state index in [2.05, 4.69) is 18.8 Å². The molecule has 134 valence electrons. The number of hydrogen-bond acceptors (Lipinski definition) is 5. The number of nitrogens with zero attached hydrogens (tertiary/aromatic N) is 1. The quantitative estimate of drug-likeness (QED) is 0.548. The molecule has 0 saturated carbocycles. The molecule has 0 amide bonds. The number of furan rings is 1. The Hall–Kier alpha value is -2.66. The summed E-state index contributed by atoms with van der Waals surface area (Å²) in [4.78, 5) is 17.0. The van der Waals surface area contributed by atoms with Crippen LogP contribution >= 0.6 is 0 Å². The second kappa shape index (κ2) is 5.95. The summed E-state index contributed by atoms with van der Waals surface area (Å²) in [6.07, 6.45) is 2.36. The van der Waals surface area contributed by atoms with Crippen molar-refractivity contribution >= 4 is 16.9 Å². The van der Waals surface area contributed by atoms with Gasteiger partial charge in [0.2, 0.25) is 5.76 Å². The number of ether oxygens (including phenoxy) is 1. The second-order valence-corrected chi connectivity index (χ2v) is 7.67. The third kappa shape index (κ3) is 2.78. The van der Waals surface area contributed by atoms with Crippen molar-refractivity contribution in [1.29, 1.82) is 0 Å². The van der Waals surface area contributed by atoms with E-state index in [0.29, 0.717) is 35.4 Å². The van der Waals surface area contributed by atoms with E-state index in [0.717, 1.165) is 10.9 Å². The first kappa shape index (κ1) is 16.8. The van der Waals surface area contributed by atoms with Gasteiger partial charge < -0.3 is 14.3 Å². The van der Waals surface area contributed by atoms with Gasteiger partial charge in [0.05, 0.1) is 6.10 Å². The highest BCUT2D eigenvalue weighted by molar-refractivity contribution is 5.93. The SMILES string of the molecule is Cc1c(C(=O)Oc2cccc3cccnc23)oc2c1C(O)CC(C)(C)C2. The number of aliphatic hydroxyl groups is 1. The molecule has 2 aromatic heterocycles. The molecule has 4 rings (SSSR count). The molecule has 0 radical (unpaired) electrons. The zero-order valence-electron chi connectivity index (χ0n) is 15.1. The molecule has 1 aliphatic rings. The lowest BCUT2D eigenvalue weighted by Gasteiger charge is -2.31. The third-order valence-corrected chi connectivity index (χ3v) is 4.97. The zero-order chi connectivity index (χ0) is 18.5. The number of carbonyl (C=O) groups is 1. The van der Waals surface area contributed by atoms with E-state index in [-0.39, 0.29) is 11.2 Å². The van der Waals surface area contributed by atoms with Gasteiger partial charge in [-0.1, -0.05) is 32.0 Å². The summed E-state index contributed by atoms with van der Waals surface area (Å²) in [6, 6.07) is 9.19. The Bertz CT molecular complexity index is 997. The molecule has 26 heavy (non-hydrogen) atoms. The molecule has 1 atom stereocenters. The maximum atomic E-state index is 12.7. The molecular formula is C21H21NO4. The summed E-state index contributed by atoms with van der Waals surface area (Å²) in [7, 11) is 0. The van der Waals surface area contributed by atoms with Crippen molar-refractivity contribution in [2.75, 3.05) is 0 Å². The predicted molar refractivity (Wildman–Crippen MR) is 97.2 cm³/mol. The van der Waals surface area contributed by atoms with Crippen LogP contribution in [0.2, 0.25) is 0 Å². The van der Waals surface area contributed by atoms with Crippen LogP contribution in [-0.2, 0) is 6.42 Å². The van der Waals surface area contributed by atoms with Crippen LogP contribution in [-0.4, -0.2) is 16.1 Å². The molecule has 1 unspecified atom stereocenters. The van der Waals surface area contributed by atoms with Gasteiger partial charge in [0.15, 0.2) is 5.75 Å². The van der Waals surface area contributed by atoms with Gasteiger partial charge >= 0.3 is 5.97 Å². The van der Waals surface area contributed by atoms with Crippen molar-refractivity contribution in [1.82, 2.24) is 4.98 Å². The zero-order valence-corrected chi connectivity index (χ0v) is 15.1. The Morgan fingerprint density at radius 1 is 1.31 bits per heavy atom. The lowest BCUT2D eigenvalue weighted by atomic mass is 9.75. The van der Waals surface area contributed by atoms with Gasteiger partial charge in [-0.2, -0.15) is 0 Å². The third-order valence-electron chi connectivity index (χ3n) is 4.97. The number of esters is 1. The maximum absolute atomic E-state index is 12.7. The van der Waals surface area contributed by atoms with E-state index in [9.17, 15) is 9.90 Å². The normalized spacial score (nSPS) is 18.5. The van der Waals surface area contributed by atoms with Crippen LogP contribution in [0.4, 0.5) is 0 Å². The first-order chi connectivity index (χ1) is 12.4. The van der Waals surface area contributed by atoms with E-state index in [1.807, 2.05) is 24.3 Å². The molecule has 2 heterocycles. The van der Waals surface area contributed by atoms with E-state index in [1.54, 1.807) is 19.2 Å². The number of carbonyl (C=O) groups excluding carboxylic acids is 1. The monoisotopic (exact) mass is 351 g/mol. The number of aromatic nitrogens is 1. The van der Waals surface area contributed by atoms with Crippen LogP contribution in [0.3, 0.4) is 0 Å². The summed E-state index contributed by atoms with van der Waals surface area (Å²) in [5.74, 6) is 0.650. The minimum Gasteiger partial charge on any atom is -0.453 e. The molecule has 0 aliphatic heterocycles. The Morgan fingerprint density at radius 3 is 2.88 bits per heavy atom. The Morgan fingerprint density at radius 2 is 2.08 bits per heavy atom. The molecule has 1 aliphatic carbocycles. The van der Waals surface area contributed by atoms with Crippen LogP contribution in [0, 0.1) is 12.3 Å². The lowest BCUT2D eigenvalue weighted by Crippen LogP contribution is -2.24. The van der Waals surface area contributed by atoms with Crippen molar-refractivity contribution in [3.63, 3.8) is 0 Å². The number of para-hydroxylation sites is 1. The van der Waals surface area contributed by atoms with Gasteiger partial charge in [-0.3, -0.25) is 4.98 Å². The largest absolute Gasteiger partial charge is 0.453 e. The van der Waals surface area contributed by atoms with E-state index >= 15 is 0 Å². The Labute approximate surface area is 151 Å². The van der Waals surface area contributed by atoms with Crippen molar-refractivity contribution in [3.8, 4) is 5.75 Å². The van der Waals surface area contributed by atoms with Gasteiger partial charge in [-0.05, 0) is 30.9 Å². The molecule has 5 heteroatoms. The summed E-state index contributed by atoms with van der Waals surface area (Å²) in [5, 5.41) is 11.4. The number of rotatable bonds is 2. The Balaban J connectivity index is 1.69. The van der Waals surface area contributed by atoms with Gasteiger partial charge in [0.1, 0.15) is 11.3 Å². The van der Waals surface area contributed by atoms with Crippen molar-refractivity contribution < 1.29 is 19.1 Å². The standard InChI is InChI=1S/C21H21NO4/c1-12-17-14(23)10-21(2,3)11-16(17)25-19(12)20(24)26-15-8-4-6-13-7-5-9-22-18(13)15/h4-9,14,23H,10-11H2,1-3H3. The number of aliphatic hydroxyl groups excluding tert-OH is 1. The van der Waals surface area contributed by atoms with Crippen LogP contribution in [0.15, 0.2) is 40.9 Å². The van der Waals surface area contributed by atoms with E-state index < -0.39 is 12.1 Å². The minimum atomic E-state index is -0.627. The average Bonchev–Trinajstić information content (AvgIpc) is 2.90. The molecule has 0 bridgehead atoms. The van der Waals surface area contributed by atoms with Crippen LogP contribution < -0.4 is 4.74 Å². The van der Waals surface area contributed by atoms with Gasteiger partial charge in [0.25, 0.3) is 0 Å². The van der Waals surface area contributed by atoms with Crippen molar-refractivity contribution in [2.24, 2.45) is 5.41 Å². The topological polar surface area (TPSA) is 72.6 Å². The van der Waals surface area contributed by atoms with Gasteiger partial charge in [-0.15, -0.1) is 0 Å². The minimum absolute atomic E-state index is 0.0720. The average molecular weight is 351 g/mol. The van der Waals surface area contributed by atoms with Crippen molar-refractivity contribution in [2.45, 2.75) is 39.7 Å². The highest BCUT2D eigenvalue weighted by Gasteiger charge is 2.37. The highest BCUT2D eigenvalue weighted by atomic mass is 16.5. The number of benzene rings is 1. The molecule has 0 spiro atoms. The van der Waals surface area contributed by atoms with Crippen LogP contribution in [0.1, 0.15) is 53.8 Å². The van der Waals surface area contributed by atoms with Crippen LogP contribution in [0.5, 0.6) is 5.75 Å². The number of pyridine rings is 1. The first-order valence-electron chi connectivity index (χ1n) is 8.72. The maximum Gasteiger partial charge on any atom is 0.379 e. The molecule has 1 N–H and O–H groups in total. The highest BCUT2D eigenvalue weighted by Crippen LogP contribution is 2.44. The lowest BCUT2D eigenvalue weighted by molar-refractivity contribution is 0.0692. The fraction of sp³-hybridized carbons (Fsp3) is 0.333. The number of hydrogen-bond donors (Lipinski definition) is 1. The Kier molecular flexibility index (Phi) is 3.84. The fourth-order valence-electron chi connectivity index (χ4n) is 3.79. The fourth-order valence-corrected chi connectivity index (χ4v) is 3.79. The van der Waals surface area contributed by atoms with Gasteiger partial charge in [-0.25, -0.2) is 4.79 Å². The summed E-state index contributed by atoms with van der Waals surface area (Å²) >= 11 is 0. The predicted octanol–water partition coefficient (Wildman–Crippen LogP) is 4.36. The van der Waals surface area contributed by atoms with E-state index in [4.69, 9.17) is 9.15 Å². The smallest absolute Gasteiger partial charge is 0.379 e. The summed E-state index contributed by atoms with van der Waals surface area (Å²) in [5.41, 5.74) is 1.93. The molecule has 0 fully saturated rings. The summed E-state index contributed by atoms with van der Waals surface area (Å²) < 4.78 is 11.4. The number of fused-ring (bicyclic) bond motifs is 2. The molecular weight excluding hydrogens is 330 g/mol. The van der Waals surface area contributed by atoms with Gasteiger partial charge in [0, 0.05) is 29.1 Å². The molecule has 0 saturated heterocycles. The van der Waals surface area contributed by atoms with Crippen LogP contribution in [0.25, 0.3) is 10.9 Å². The molecule has 1 aromatic carbocycles. The summed E-state index contributed by atoms with van der Waals surface area (Å²) in [6.45, 7) is 5.95. The molecule has 3 aromatic rings. The molecule has 5 nitrogen and oxygen atoms in total. The van der Waals surface area contributed by atoms with Crippen molar-refractivity contribution in [3.05, 3.63) is 59.2 Å².